The Morgan fingerprint density at radius 2 is 1.62 bits per heavy atom. The summed E-state index contributed by atoms with van der Waals surface area (Å²) in [6, 6.07) is 0. The highest BCUT2D eigenvalue weighted by molar-refractivity contribution is 7.91. The molecule has 0 spiro atoms. The maximum Gasteiger partial charge on any atom is 0.152 e. The van der Waals surface area contributed by atoms with Gasteiger partial charge in [0.2, 0.25) is 0 Å². The summed E-state index contributed by atoms with van der Waals surface area (Å²) in [5.74, 6) is 1.04. The topological polar surface area (TPSA) is 34.1 Å². The number of hydrogen-bond acceptors (Lipinski definition) is 2. The van der Waals surface area contributed by atoms with Gasteiger partial charge in [0.25, 0.3) is 0 Å². The zero-order valence-corrected chi connectivity index (χ0v) is 12.6. The molecule has 0 saturated carbocycles. The molecule has 5 heteroatoms. The Kier molecular flexibility index (Phi) is 7.31. The minimum Gasteiger partial charge on any atom is -0.229 e. The first-order valence-corrected chi connectivity index (χ1v) is 8.45. The van der Waals surface area contributed by atoms with Gasteiger partial charge >= 0.3 is 0 Å². The maximum absolute atomic E-state index is 11.7. The van der Waals surface area contributed by atoms with E-state index in [0.29, 0.717) is 18.2 Å². The van der Waals surface area contributed by atoms with Crippen LogP contribution < -0.4 is 0 Å². The van der Waals surface area contributed by atoms with E-state index in [-0.39, 0.29) is 16.4 Å². The predicted molar refractivity (Wildman–Crippen MR) is 72.3 cm³/mol. The molecule has 98 valence electrons. The molecule has 0 aromatic carbocycles. The summed E-state index contributed by atoms with van der Waals surface area (Å²) in [6.45, 7) is 5.47. The number of halogens is 2. The van der Waals surface area contributed by atoms with E-state index in [2.05, 4.69) is 6.92 Å². The van der Waals surface area contributed by atoms with Crippen molar-refractivity contribution in [1.82, 2.24) is 0 Å². The van der Waals surface area contributed by atoms with E-state index >= 15 is 0 Å². The van der Waals surface area contributed by atoms with E-state index in [1.54, 1.807) is 13.8 Å². The van der Waals surface area contributed by atoms with E-state index in [4.69, 9.17) is 23.2 Å². The summed E-state index contributed by atoms with van der Waals surface area (Å²) in [4.78, 5) is 0. The second kappa shape index (κ2) is 7.07. The molecule has 0 amide bonds. The Hall–Kier alpha value is 0.530. The van der Waals surface area contributed by atoms with Gasteiger partial charge in [0.05, 0.1) is 11.0 Å². The van der Waals surface area contributed by atoms with Gasteiger partial charge in [-0.2, -0.15) is 0 Å². The molecular formula is C11H22Cl2O2S. The lowest BCUT2D eigenvalue weighted by Gasteiger charge is -2.29. The fourth-order valence-electron chi connectivity index (χ4n) is 1.55. The normalized spacial score (nSPS) is 13.4. The lowest BCUT2D eigenvalue weighted by Crippen LogP contribution is -2.30. The molecule has 0 heterocycles. The van der Waals surface area contributed by atoms with Crippen molar-refractivity contribution in [3.05, 3.63) is 0 Å². The second-order valence-corrected chi connectivity index (χ2v) is 7.89. The van der Waals surface area contributed by atoms with Crippen LogP contribution in [0.25, 0.3) is 0 Å². The smallest absolute Gasteiger partial charge is 0.152 e. The van der Waals surface area contributed by atoms with Crippen LogP contribution in [0.15, 0.2) is 0 Å². The minimum atomic E-state index is -2.99. The Morgan fingerprint density at radius 3 is 1.94 bits per heavy atom. The Morgan fingerprint density at radius 1 is 1.12 bits per heavy atom. The summed E-state index contributed by atoms with van der Waals surface area (Å²) in [7, 11) is -2.99. The standard InChI is InChI=1S/C11H22Cl2O2S/c1-4-5-11(8-12,9-13)6-7-16(14,15)10(2)3/h10H,4-9H2,1-3H3. The van der Waals surface area contributed by atoms with Crippen molar-refractivity contribution in [3.8, 4) is 0 Å². The van der Waals surface area contributed by atoms with Gasteiger partial charge < -0.3 is 0 Å². The van der Waals surface area contributed by atoms with Gasteiger partial charge in [-0.15, -0.1) is 23.2 Å². The molecule has 0 fully saturated rings. The fraction of sp³-hybridized carbons (Fsp3) is 1.00. The van der Waals surface area contributed by atoms with E-state index in [9.17, 15) is 8.42 Å². The minimum absolute atomic E-state index is 0.185. The van der Waals surface area contributed by atoms with Crippen LogP contribution in [-0.2, 0) is 9.84 Å². The van der Waals surface area contributed by atoms with Gasteiger partial charge in [0, 0.05) is 11.8 Å². The SMILES string of the molecule is CCCC(CCl)(CCl)CCS(=O)(=O)C(C)C. The van der Waals surface area contributed by atoms with Gasteiger partial charge in [-0.3, -0.25) is 0 Å². The molecule has 16 heavy (non-hydrogen) atoms. The summed E-state index contributed by atoms with van der Waals surface area (Å²) in [5, 5.41) is -0.322. The predicted octanol–water partition coefficient (Wildman–Crippen LogP) is 3.46. The van der Waals surface area contributed by atoms with Crippen molar-refractivity contribution in [3.63, 3.8) is 0 Å². The van der Waals surface area contributed by atoms with Gasteiger partial charge in [-0.1, -0.05) is 13.3 Å². The van der Waals surface area contributed by atoms with E-state index in [1.165, 1.54) is 0 Å². The first-order valence-electron chi connectivity index (χ1n) is 5.67. The molecule has 0 atom stereocenters. The molecule has 0 rings (SSSR count). The third-order valence-electron chi connectivity index (χ3n) is 2.98. The van der Waals surface area contributed by atoms with Gasteiger partial charge in [-0.25, -0.2) is 8.42 Å². The molecule has 0 unspecified atom stereocenters. The van der Waals surface area contributed by atoms with E-state index in [0.717, 1.165) is 12.8 Å². The average Bonchev–Trinajstić information content (AvgIpc) is 2.24. The lowest BCUT2D eigenvalue weighted by molar-refractivity contribution is 0.331. The monoisotopic (exact) mass is 288 g/mol. The molecule has 0 N–H and O–H groups in total. The molecule has 2 nitrogen and oxygen atoms in total. The molecule has 0 aliphatic carbocycles. The van der Waals surface area contributed by atoms with Crippen molar-refractivity contribution in [2.75, 3.05) is 17.5 Å². The van der Waals surface area contributed by atoms with Crippen molar-refractivity contribution in [1.29, 1.82) is 0 Å². The van der Waals surface area contributed by atoms with Gasteiger partial charge in [0.15, 0.2) is 9.84 Å². The van der Waals surface area contributed by atoms with Gasteiger partial charge in [-0.05, 0) is 32.1 Å². The van der Waals surface area contributed by atoms with Crippen LogP contribution in [0, 0.1) is 5.41 Å². The second-order valence-electron chi connectivity index (χ2n) is 4.68. The average molecular weight is 289 g/mol. The molecule has 0 aromatic heterocycles. The Bertz CT molecular complexity index is 282. The number of sulfone groups is 1. The maximum atomic E-state index is 11.7. The van der Waals surface area contributed by atoms with Crippen molar-refractivity contribution in [2.24, 2.45) is 5.41 Å². The number of hydrogen-bond donors (Lipinski definition) is 0. The fourth-order valence-corrected chi connectivity index (χ4v) is 3.56. The van der Waals surface area contributed by atoms with Crippen molar-refractivity contribution >= 4 is 33.0 Å². The molecule has 0 aliphatic rings. The molecule has 0 aromatic rings. The quantitative estimate of drug-likeness (QED) is 0.641. The highest BCUT2D eigenvalue weighted by Crippen LogP contribution is 2.32. The van der Waals surface area contributed by atoms with Crippen LogP contribution >= 0.6 is 23.2 Å². The van der Waals surface area contributed by atoms with Gasteiger partial charge in [0.1, 0.15) is 0 Å². The summed E-state index contributed by atoms with van der Waals surface area (Å²) >= 11 is 11.9. The van der Waals surface area contributed by atoms with Crippen LogP contribution in [0.5, 0.6) is 0 Å². The number of alkyl halides is 2. The third kappa shape index (κ3) is 4.80. The Labute approximate surface area is 110 Å². The largest absolute Gasteiger partial charge is 0.229 e. The summed E-state index contributed by atoms with van der Waals surface area (Å²) in [5.41, 5.74) is -0.222. The molecule has 0 aliphatic heterocycles. The first kappa shape index (κ1) is 16.5. The molecular weight excluding hydrogens is 267 g/mol. The summed E-state index contributed by atoms with van der Waals surface area (Å²) in [6.07, 6.45) is 2.42. The highest BCUT2D eigenvalue weighted by atomic mass is 35.5. The first-order chi connectivity index (χ1) is 7.33. The van der Waals surface area contributed by atoms with Crippen LogP contribution in [0.3, 0.4) is 0 Å². The Balaban J connectivity index is 4.55. The van der Waals surface area contributed by atoms with Crippen molar-refractivity contribution in [2.45, 2.75) is 45.3 Å². The lowest BCUT2D eigenvalue weighted by atomic mass is 9.85. The molecule has 0 bridgehead atoms. The molecule has 0 radical (unpaired) electrons. The van der Waals surface area contributed by atoms with Crippen LogP contribution in [-0.4, -0.2) is 31.2 Å². The summed E-state index contributed by atoms with van der Waals surface area (Å²) < 4.78 is 23.5. The van der Waals surface area contributed by atoms with Crippen LogP contribution in [0.1, 0.15) is 40.0 Å². The zero-order valence-electron chi connectivity index (χ0n) is 10.3. The number of rotatable bonds is 8. The van der Waals surface area contributed by atoms with Crippen molar-refractivity contribution < 1.29 is 8.42 Å². The third-order valence-corrected chi connectivity index (χ3v) is 6.33. The highest BCUT2D eigenvalue weighted by Gasteiger charge is 2.30. The van der Waals surface area contributed by atoms with E-state index < -0.39 is 9.84 Å². The van der Waals surface area contributed by atoms with E-state index in [1.807, 2.05) is 0 Å². The zero-order chi connectivity index (χ0) is 12.8. The molecule has 0 saturated heterocycles. The van der Waals surface area contributed by atoms with Crippen LogP contribution in [0.4, 0.5) is 0 Å². The van der Waals surface area contributed by atoms with Crippen LogP contribution in [0.2, 0.25) is 0 Å².